The van der Waals surface area contributed by atoms with Crippen molar-refractivity contribution in [3.63, 3.8) is 0 Å². The van der Waals surface area contributed by atoms with Crippen molar-refractivity contribution in [2.24, 2.45) is 7.05 Å². The van der Waals surface area contributed by atoms with Crippen molar-refractivity contribution in [3.05, 3.63) is 28.5 Å². The highest BCUT2D eigenvalue weighted by Gasteiger charge is 2.08. The minimum absolute atomic E-state index is 0.144. The van der Waals surface area contributed by atoms with Gasteiger partial charge in [-0.2, -0.15) is 0 Å². The molecule has 0 saturated heterocycles. The zero-order valence-electron chi connectivity index (χ0n) is 8.77. The molecule has 0 bridgehead atoms. The number of pyridine rings is 1. The van der Waals surface area contributed by atoms with Crippen LogP contribution in [-0.2, 0) is 18.3 Å². The van der Waals surface area contributed by atoms with E-state index in [1.807, 2.05) is 23.7 Å². The number of aliphatic carboxylic acids is 1. The van der Waals surface area contributed by atoms with E-state index >= 15 is 0 Å². The monoisotopic (exact) mass is 282 g/mol. The first-order chi connectivity index (χ1) is 7.58. The number of aromatic nitrogens is 2. The summed E-state index contributed by atoms with van der Waals surface area (Å²) in [5.74, 6) is -0.778. The second-order valence-corrected chi connectivity index (χ2v) is 4.56. The summed E-state index contributed by atoms with van der Waals surface area (Å²) in [5.41, 5.74) is 2.89. The van der Waals surface area contributed by atoms with Gasteiger partial charge in [0.15, 0.2) is 0 Å². The van der Waals surface area contributed by atoms with Gasteiger partial charge in [0.1, 0.15) is 0 Å². The average molecular weight is 283 g/mol. The van der Waals surface area contributed by atoms with Gasteiger partial charge in [0.2, 0.25) is 0 Å². The van der Waals surface area contributed by atoms with Crippen LogP contribution in [0.4, 0.5) is 0 Å². The van der Waals surface area contributed by atoms with Crippen molar-refractivity contribution in [3.8, 4) is 0 Å². The Hall–Kier alpha value is -1.36. The molecule has 0 fully saturated rings. The van der Waals surface area contributed by atoms with Gasteiger partial charge in [-0.25, -0.2) is 0 Å². The molecule has 0 amide bonds. The number of carboxylic acid groups (broad SMARTS) is 1. The highest BCUT2D eigenvalue weighted by molar-refractivity contribution is 9.10. The molecule has 0 aromatic carbocycles. The molecule has 0 atom stereocenters. The molecule has 0 radical (unpaired) electrons. The van der Waals surface area contributed by atoms with E-state index < -0.39 is 5.97 Å². The van der Waals surface area contributed by atoms with Gasteiger partial charge in [0, 0.05) is 23.4 Å². The lowest BCUT2D eigenvalue weighted by atomic mass is 10.2. The Kier molecular flexibility index (Phi) is 2.96. The molecule has 5 heteroatoms. The van der Waals surface area contributed by atoms with Gasteiger partial charge >= 0.3 is 5.97 Å². The number of hydrogen-bond donors (Lipinski definition) is 1. The maximum absolute atomic E-state index is 10.5. The van der Waals surface area contributed by atoms with E-state index in [0.717, 1.165) is 21.2 Å². The molecule has 0 saturated carbocycles. The van der Waals surface area contributed by atoms with Crippen LogP contribution in [0.1, 0.15) is 12.1 Å². The van der Waals surface area contributed by atoms with Gasteiger partial charge in [-0.3, -0.25) is 9.78 Å². The van der Waals surface area contributed by atoms with Crippen LogP contribution >= 0.6 is 15.9 Å². The third-order valence-electron chi connectivity index (χ3n) is 2.55. The minimum Gasteiger partial charge on any atom is -0.481 e. The standard InChI is InChI=1S/C11H11BrN2O2/c1-14-8(2-3-11(15)16)5-9-10(14)4-7(12)6-13-9/h4-6H,2-3H2,1H3,(H,15,16). The van der Waals surface area contributed by atoms with Crippen LogP contribution < -0.4 is 0 Å². The zero-order chi connectivity index (χ0) is 11.7. The Morgan fingerprint density at radius 1 is 1.56 bits per heavy atom. The molecule has 4 nitrogen and oxygen atoms in total. The lowest BCUT2D eigenvalue weighted by Gasteiger charge is -2.02. The van der Waals surface area contributed by atoms with Crippen LogP contribution in [0.2, 0.25) is 0 Å². The summed E-state index contributed by atoms with van der Waals surface area (Å²) in [7, 11) is 1.92. The molecular weight excluding hydrogens is 272 g/mol. The Morgan fingerprint density at radius 3 is 3.00 bits per heavy atom. The predicted octanol–water partition coefficient (Wildman–Crippen LogP) is 2.35. The van der Waals surface area contributed by atoms with Crippen molar-refractivity contribution >= 4 is 32.9 Å². The molecule has 2 rings (SSSR count). The molecule has 0 aliphatic rings. The number of rotatable bonds is 3. The minimum atomic E-state index is -0.778. The summed E-state index contributed by atoms with van der Waals surface area (Å²) in [4.78, 5) is 14.8. The highest BCUT2D eigenvalue weighted by Crippen LogP contribution is 2.21. The quantitative estimate of drug-likeness (QED) is 0.940. The summed E-state index contributed by atoms with van der Waals surface area (Å²) in [5, 5.41) is 8.65. The van der Waals surface area contributed by atoms with Gasteiger partial charge in [-0.05, 0) is 34.5 Å². The molecule has 0 aliphatic carbocycles. The summed E-state index contributed by atoms with van der Waals surface area (Å²) in [6, 6.07) is 3.91. The number of aryl methyl sites for hydroxylation is 2. The van der Waals surface area contributed by atoms with Crippen LogP contribution in [0, 0.1) is 0 Å². The van der Waals surface area contributed by atoms with Crippen molar-refractivity contribution in [1.82, 2.24) is 9.55 Å². The van der Waals surface area contributed by atoms with Crippen molar-refractivity contribution in [2.45, 2.75) is 12.8 Å². The molecule has 2 aromatic rings. The van der Waals surface area contributed by atoms with E-state index in [1.165, 1.54) is 0 Å². The summed E-state index contributed by atoms with van der Waals surface area (Å²) in [6.45, 7) is 0. The van der Waals surface area contributed by atoms with Gasteiger partial charge in [-0.1, -0.05) is 0 Å². The maximum Gasteiger partial charge on any atom is 0.303 e. The number of hydrogen-bond acceptors (Lipinski definition) is 2. The number of carboxylic acids is 1. The number of nitrogens with zero attached hydrogens (tertiary/aromatic N) is 2. The lowest BCUT2D eigenvalue weighted by molar-refractivity contribution is -0.136. The summed E-state index contributed by atoms with van der Waals surface area (Å²) < 4.78 is 2.90. The maximum atomic E-state index is 10.5. The Labute approximate surface area is 101 Å². The second-order valence-electron chi connectivity index (χ2n) is 3.65. The number of fused-ring (bicyclic) bond motifs is 1. The van der Waals surface area contributed by atoms with E-state index in [0.29, 0.717) is 6.42 Å². The first-order valence-electron chi connectivity index (χ1n) is 4.89. The molecule has 2 aromatic heterocycles. The third kappa shape index (κ3) is 2.09. The molecular formula is C11H11BrN2O2. The van der Waals surface area contributed by atoms with E-state index in [1.54, 1.807) is 6.20 Å². The van der Waals surface area contributed by atoms with Crippen molar-refractivity contribution in [1.29, 1.82) is 0 Å². The van der Waals surface area contributed by atoms with Crippen LogP contribution in [0.5, 0.6) is 0 Å². The van der Waals surface area contributed by atoms with Crippen LogP contribution in [0.25, 0.3) is 11.0 Å². The predicted molar refractivity (Wildman–Crippen MR) is 64.4 cm³/mol. The summed E-state index contributed by atoms with van der Waals surface area (Å²) in [6.07, 6.45) is 2.41. The second kappa shape index (κ2) is 4.25. The van der Waals surface area contributed by atoms with Gasteiger partial charge in [0.05, 0.1) is 17.5 Å². The van der Waals surface area contributed by atoms with E-state index in [4.69, 9.17) is 5.11 Å². The first-order valence-corrected chi connectivity index (χ1v) is 5.69. The lowest BCUT2D eigenvalue weighted by Crippen LogP contribution is -2.01. The number of carbonyl (C=O) groups is 1. The molecule has 0 unspecified atom stereocenters. The molecule has 2 heterocycles. The fourth-order valence-electron chi connectivity index (χ4n) is 1.70. The fourth-order valence-corrected chi connectivity index (χ4v) is 2.02. The molecule has 16 heavy (non-hydrogen) atoms. The van der Waals surface area contributed by atoms with Crippen LogP contribution in [0.3, 0.4) is 0 Å². The normalized spacial score (nSPS) is 10.9. The van der Waals surface area contributed by atoms with Gasteiger partial charge in [0.25, 0.3) is 0 Å². The van der Waals surface area contributed by atoms with E-state index in [9.17, 15) is 4.79 Å². The molecule has 1 N–H and O–H groups in total. The number of halogens is 1. The summed E-state index contributed by atoms with van der Waals surface area (Å²) >= 11 is 3.37. The van der Waals surface area contributed by atoms with Crippen LogP contribution in [0.15, 0.2) is 22.8 Å². The van der Waals surface area contributed by atoms with Crippen molar-refractivity contribution in [2.75, 3.05) is 0 Å². The molecule has 84 valence electrons. The van der Waals surface area contributed by atoms with Crippen LogP contribution in [-0.4, -0.2) is 20.6 Å². The molecule has 0 spiro atoms. The third-order valence-corrected chi connectivity index (χ3v) is 2.99. The fraction of sp³-hybridized carbons (Fsp3) is 0.273. The SMILES string of the molecule is Cn1c(CCC(=O)O)cc2ncc(Br)cc21. The smallest absolute Gasteiger partial charge is 0.303 e. The largest absolute Gasteiger partial charge is 0.481 e. The van der Waals surface area contributed by atoms with Gasteiger partial charge in [-0.15, -0.1) is 0 Å². The highest BCUT2D eigenvalue weighted by atomic mass is 79.9. The Balaban J connectivity index is 2.40. The Morgan fingerprint density at radius 2 is 2.31 bits per heavy atom. The van der Waals surface area contributed by atoms with E-state index in [-0.39, 0.29) is 6.42 Å². The van der Waals surface area contributed by atoms with Gasteiger partial charge < -0.3 is 9.67 Å². The first kappa shape index (κ1) is 11.1. The topological polar surface area (TPSA) is 55.1 Å². The average Bonchev–Trinajstić information content (AvgIpc) is 2.53. The Bertz CT molecular complexity index is 548. The zero-order valence-corrected chi connectivity index (χ0v) is 10.4. The molecule has 0 aliphatic heterocycles. The van der Waals surface area contributed by atoms with E-state index in [2.05, 4.69) is 20.9 Å². The van der Waals surface area contributed by atoms with Crippen molar-refractivity contribution < 1.29 is 9.90 Å².